The lowest BCUT2D eigenvalue weighted by atomic mass is 10.0. The van der Waals surface area contributed by atoms with Gasteiger partial charge in [-0.3, -0.25) is 13.9 Å². The Morgan fingerprint density at radius 3 is 1.98 bits per heavy atom. The van der Waals surface area contributed by atoms with Crippen LogP contribution < -0.4 is 9.62 Å². The lowest BCUT2D eigenvalue weighted by Gasteiger charge is -2.34. The van der Waals surface area contributed by atoms with Gasteiger partial charge in [-0.25, -0.2) is 8.42 Å². The van der Waals surface area contributed by atoms with E-state index in [2.05, 4.69) is 21.2 Å². The zero-order valence-corrected chi connectivity index (χ0v) is 27.0. The first-order chi connectivity index (χ1) is 20.5. The molecule has 0 fully saturated rings. The van der Waals surface area contributed by atoms with Gasteiger partial charge in [0.1, 0.15) is 12.6 Å². The highest BCUT2D eigenvalue weighted by atomic mass is 79.9. The lowest BCUT2D eigenvalue weighted by Crippen LogP contribution is -2.54. The van der Waals surface area contributed by atoms with Gasteiger partial charge in [-0.2, -0.15) is 0 Å². The Kier molecular flexibility index (Phi) is 11.0. The van der Waals surface area contributed by atoms with Gasteiger partial charge in [-0.15, -0.1) is 0 Å². The summed E-state index contributed by atoms with van der Waals surface area (Å²) in [5, 5.41) is 3.49. The van der Waals surface area contributed by atoms with Gasteiger partial charge in [0.2, 0.25) is 11.8 Å². The van der Waals surface area contributed by atoms with Crippen LogP contribution in [0.5, 0.6) is 0 Å². The number of anilines is 1. The fraction of sp³-hybridized carbons (Fsp3) is 0.212. The summed E-state index contributed by atoms with van der Waals surface area (Å²) in [6.07, 6.45) is 0.239. The third-order valence-corrected chi connectivity index (χ3v) is 9.26. The highest BCUT2D eigenvalue weighted by molar-refractivity contribution is 9.10. The molecule has 0 aliphatic rings. The van der Waals surface area contributed by atoms with Crippen molar-refractivity contribution in [3.05, 3.63) is 130 Å². The number of sulfonamides is 1. The summed E-state index contributed by atoms with van der Waals surface area (Å²) in [7, 11) is -4.15. The van der Waals surface area contributed by atoms with E-state index < -0.39 is 28.5 Å². The molecule has 0 heterocycles. The summed E-state index contributed by atoms with van der Waals surface area (Å²) >= 11 is 9.52. The maximum absolute atomic E-state index is 14.4. The summed E-state index contributed by atoms with van der Waals surface area (Å²) in [5.74, 6) is -0.862. The van der Waals surface area contributed by atoms with Crippen molar-refractivity contribution in [3.63, 3.8) is 0 Å². The van der Waals surface area contributed by atoms with Crippen LogP contribution in [0.2, 0.25) is 5.02 Å². The Morgan fingerprint density at radius 1 is 0.814 bits per heavy atom. The minimum atomic E-state index is -4.15. The molecule has 43 heavy (non-hydrogen) atoms. The van der Waals surface area contributed by atoms with E-state index in [1.54, 1.807) is 66.7 Å². The number of halogens is 2. The molecule has 7 nitrogen and oxygen atoms in total. The Morgan fingerprint density at radius 2 is 1.40 bits per heavy atom. The molecule has 0 spiro atoms. The van der Waals surface area contributed by atoms with Crippen LogP contribution in [0.25, 0.3) is 0 Å². The Hall–Kier alpha value is -3.66. The molecule has 224 valence electrons. The summed E-state index contributed by atoms with van der Waals surface area (Å²) in [6, 6.07) is 30.0. The highest BCUT2D eigenvalue weighted by Crippen LogP contribution is 2.26. The average molecular weight is 683 g/mol. The monoisotopic (exact) mass is 681 g/mol. The molecule has 4 aromatic rings. The summed E-state index contributed by atoms with van der Waals surface area (Å²) < 4.78 is 29.8. The first-order valence-corrected chi connectivity index (χ1v) is 16.4. The lowest BCUT2D eigenvalue weighted by molar-refractivity contribution is -0.140. The predicted octanol–water partition coefficient (Wildman–Crippen LogP) is 6.46. The number of hydrogen-bond donors (Lipinski definition) is 1. The normalized spacial score (nSPS) is 12.0. The molecule has 0 saturated heterocycles. The van der Waals surface area contributed by atoms with Crippen LogP contribution in [0.4, 0.5) is 5.69 Å². The van der Waals surface area contributed by atoms with E-state index in [1.807, 2.05) is 44.2 Å². The topological polar surface area (TPSA) is 86.8 Å². The molecule has 0 aliphatic carbocycles. The number of nitrogens with one attached hydrogen (secondary N) is 1. The fourth-order valence-corrected chi connectivity index (χ4v) is 6.40. The van der Waals surface area contributed by atoms with Crippen molar-refractivity contribution in [1.29, 1.82) is 0 Å². The minimum absolute atomic E-state index is 0.0494. The molecule has 1 atom stereocenters. The zero-order chi connectivity index (χ0) is 31.0. The maximum atomic E-state index is 14.4. The SMILES string of the molecule is CC(C)NC(=O)C(Cc1ccccc1)N(Cc1ccc(Cl)cc1)C(=O)CN(c1ccc(Br)cc1)S(=O)(=O)c1ccccc1. The molecule has 0 radical (unpaired) electrons. The van der Waals surface area contributed by atoms with Gasteiger partial charge in [0.25, 0.3) is 10.0 Å². The van der Waals surface area contributed by atoms with E-state index in [4.69, 9.17) is 11.6 Å². The molecule has 1 N–H and O–H groups in total. The number of hydrogen-bond acceptors (Lipinski definition) is 4. The van der Waals surface area contributed by atoms with Gasteiger partial charge in [0, 0.05) is 28.5 Å². The first-order valence-electron chi connectivity index (χ1n) is 13.8. The molecule has 4 aromatic carbocycles. The van der Waals surface area contributed by atoms with Gasteiger partial charge in [0.05, 0.1) is 10.6 Å². The average Bonchev–Trinajstić information content (AvgIpc) is 2.99. The number of amides is 2. The van der Waals surface area contributed by atoms with Crippen molar-refractivity contribution in [2.75, 3.05) is 10.8 Å². The fourth-order valence-electron chi connectivity index (χ4n) is 4.58. The van der Waals surface area contributed by atoms with E-state index in [1.165, 1.54) is 17.0 Å². The summed E-state index contributed by atoms with van der Waals surface area (Å²) in [4.78, 5) is 29.6. The summed E-state index contributed by atoms with van der Waals surface area (Å²) in [6.45, 7) is 3.25. The van der Waals surface area contributed by atoms with E-state index in [-0.39, 0.29) is 29.8 Å². The standard InChI is InChI=1S/C33H33BrClN3O4S/c1-24(2)36-33(40)31(21-25-9-5-3-6-10-25)37(22-26-13-17-28(35)18-14-26)32(39)23-38(29-19-15-27(34)16-20-29)43(41,42)30-11-7-4-8-12-30/h3-20,24,31H,21-23H2,1-2H3,(H,36,40). The van der Waals surface area contributed by atoms with Crippen LogP contribution in [0, 0.1) is 0 Å². The van der Waals surface area contributed by atoms with E-state index >= 15 is 0 Å². The Balaban J connectivity index is 1.79. The molecule has 0 aromatic heterocycles. The van der Waals surface area contributed by atoms with Gasteiger partial charge < -0.3 is 10.2 Å². The largest absolute Gasteiger partial charge is 0.352 e. The van der Waals surface area contributed by atoms with E-state index in [0.717, 1.165) is 19.9 Å². The van der Waals surface area contributed by atoms with Gasteiger partial charge >= 0.3 is 0 Å². The van der Waals surface area contributed by atoms with E-state index in [0.29, 0.717) is 10.7 Å². The van der Waals surface area contributed by atoms with Crippen LogP contribution in [0.1, 0.15) is 25.0 Å². The second kappa shape index (κ2) is 14.7. The molecular formula is C33H33BrClN3O4S. The number of benzene rings is 4. The third-order valence-electron chi connectivity index (χ3n) is 6.69. The number of nitrogens with zero attached hydrogens (tertiary/aromatic N) is 2. The molecule has 2 amide bonds. The molecule has 1 unspecified atom stereocenters. The molecule has 0 aliphatic heterocycles. The van der Waals surface area contributed by atoms with Gasteiger partial charge in [-0.05, 0) is 73.5 Å². The van der Waals surface area contributed by atoms with Crippen LogP contribution in [-0.4, -0.2) is 43.8 Å². The maximum Gasteiger partial charge on any atom is 0.264 e. The zero-order valence-electron chi connectivity index (χ0n) is 23.9. The highest BCUT2D eigenvalue weighted by Gasteiger charge is 2.34. The quantitative estimate of drug-likeness (QED) is 0.186. The van der Waals surface area contributed by atoms with Crippen LogP contribution >= 0.6 is 27.5 Å². The van der Waals surface area contributed by atoms with Crippen molar-refractivity contribution < 1.29 is 18.0 Å². The molecule has 10 heteroatoms. The first kappa shape index (κ1) is 32.3. The predicted molar refractivity (Wildman–Crippen MR) is 174 cm³/mol. The molecule has 0 saturated carbocycles. The number of carbonyl (C=O) groups is 2. The van der Waals surface area contributed by atoms with Crippen molar-refractivity contribution in [2.24, 2.45) is 0 Å². The van der Waals surface area contributed by atoms with Crippen molar-refractivity contribution >= 4 is 55.1 Å². The van der Waals surface area contributed by atoms with Gasteiger partial charge in [-0.1, -0.05) is 88.2 Å². The Bertz CT molecular complexity index is 1620. The van der Waals surface area contributed by atoms with Crippen molar-refractivity contribution in [3.8, 4) is 0 Å². The Labute approximate surface area is 266 Å². The third kappa shape index (κ3) is 8.69. The second-order valence-electron chi connectivity index (χ2n) is 10.3. The van der Waals surface area contributed by atoms with Crippen molar-refractivity contribution in [1.82, 2.24) is 10.2 Å². The minimum Gasteiger partial charge on any atom is -0.352 e. The summed E-state index contributed by atoms with van der Waals surface area (Å²) in [5.41, 5.74) is 1.93. The van der Waals surface area contributed by atoms with Crippen molar-refractivity contribution in [2.45, 2.75) is 43.8 Å². The number of rotatable bonds is 12. The van der Waals surface area contributed by atoms with Gasteiger partial charge in [0.15, 0.2) is 0 Å². The smallest absolute Gasteiger partial charge is 0.264 e. The van der Waals surface area contributed by atoms with Crippen LogP contribution in [-0.2, 0) is 32.6 Å². The number of carbonyl (C=O) groups excluding carboxylic acids is 2. The van der Waals surface area contributed by atoms with Crippen LogP contribution in [0.3, 0.4) is 0 Å². The van der Waals surface area contributed by atoms with Crippen LogP contribution in [0.15, 0.2) is 119 Å². The van der Waals surface area contributed by atoms with E-state index in [9.17, 15) is 18.0 Å². The molecular weight excluding hydrogens is 650 g/mol. The molecule has 4 rings (SSSR count). The second-order valence-corrected chi connectivity index (χ2v) is 13.5. The molecule has 0 bridgehead atoms.